The topological polar surface area (TPSA) is 52.6 Å². The largest absolute Gasteiger partial charge is 0.393 e. The van der Waals surface area contributed by atoms with E-state index >= 15 is 0 Å². The smallest absolute Gasteiger partial charge is 0.240 e. The molecule has 0 bridgehead atoms. The highest BCUT2D eigenvalue weighted by Gasteiger charge is 2.36. The van der Waals surface area contributed by atoms with E-state index in [1.165, 1.54) is 0 Å². The summed E-state index contributed by atoms with van der Waals surface area (Å²) in [6.45, 7) is 3.93. The fourth-order valence-electron chi connectivity index (χ4n) is 2.94. The third kappa shape index (κ3) is 2.99. The van der Waals surface area contributed by atoms with Gasteiger partial charge >= 0.3 is 0 Å². The van der Waals surface area contributed by atoms with Crippen LogP contribution in [-0.2, 0) is 4.79 Å². The number of hydrogen-bond acceptors (Lipinski definition) is 3. The number of carbonyl (C=O) groups excluding carboxylic acids is 1. The van der Waals surface area contributed by atoms with Crippen LogP contribution in [0, 0.1) is 0 Å². The second-order valence-corrected chi connectivity index (χ2v) is 5.29. The lowest BCUT2D eigenvalue weighted by molar-refractivity contribution is -0.132. The van der Waals surface area contributed by atoms with Crippen LogP contribution in [0.2, 0.25) is 0 Å². The second-order valence-electron chi connectivity index (χ2n) is 5.29. The van der Waals surface area contributed by atoms with Crippen LogP contribution in [0.25, 0.3) is 0 Å². The SMILES string of the molecule is CCCNC1CCN(C2CCC(O)CC2)C1=O. The lowest BCUT2D eigenvalue weighted by atomic mass is 9.92. The second kappa shape index (κ2) is 5.83. The normalized spacial score (nSPS) is 34.4. The van der Waals surface area contributed by atoms with Crippen LogP contribution in [0.5, 0.6) is 0 Å². The lowest BCUT2D eigenvalue weighted by Crippen LogP contribution is -2.44. The maximum atomic E-state index is 12.2. The maximum absolute atomic E-state index is 12.2. The number of nitrogens with zero attached hydrogens (tertiary/aromatic N) is 1. The summed E-state index contributed by atoms with van der Waals surface area (Å²) in [5.41, 5.74) is 0. The van der Waals surface area contributed by atoms with Gasteiger partial charge in [0.15, 0.2) is 0 Å². The highest BCUT2D eigenvalue weighted by molar-refractivity contribution is 5.84. The molecular formula is C13H24N2O2. The van der Waals surface area contributed by atoms with Gasteiger partial charge in [0.2, 0.25) is 5.91 Å². The minimum atomic E-state index is -0.141. The summed E-state index contributed by atoms with van der Waals surface area (Å²) >= 11 is 0. The summed E-state index contributed by atoms with van der Waals surface area (Å²) in [5.74, 6) is 0.278. The Kier molecular flexibility index (Phi) is 4.40. The van der Waals surface area contributed by atoms with Crippen molar-refractivity contribution in [2.45, 2.75) is 63.6 Å². The third-order valence-corrected chi connectivity index (χ3v) is 3.99. The van der Waals surface area contributed by atoms with E-state index in [0.717, 1.165) is 51.6 Å². The molecule has 4 heteroatoms. The first-order chi connectivity index (χ1) is 8.22. The summed E-state index contributed by atoms with van der Waals surface area (Å²) in [5, 5.41) is 12.8. The van der Waals surface area contributed by atoms with Gasteiger partial charge in [0.1, 0.15) is 0 Å². The zero-order valence-corrected chi connectivity index (χ0v) is 10.7. The molecule has 2 fully saturated rings. The molecule has 4 nitrogen and oxygen atoms in total. The molecule has 17 heavy (non-hydrogen) atoms. The van der Waals surface area contributed by atoms with Gasteiger partial charge in [0.25, 0.3) is 0 Å². The molecule has 98 valence electrons. The van der Waals surface area contributed by atoms with Crippen LogP contribution < -0.4 is 5.32 Å². The average Bonchev–Trinajstić information content (AvgIpc) is 2.69. The number of amides is 1. The Balaban J connectivity index is 1.84. The summed E-state index contributed by atoms with van der Waals surface area (Å²) < 4.78 is 0. The molecule has 1 aliphatic heterocycles. The standard InChI is InChI=1S/C13H24N2O2/c1-2-8-14-12-7-9-15(13(12)17)10-3-5-11(16)6-4-10/h10-12,14,16H,2-9H2,1H3. The van der Waals surface area contributed by atoms with Gasteiger partial charge in [-0.05, 0) is 45.1 Å². The molecule has 1 amide bonds. The average molecular weight is 240 g/mol. The minimum Gasteiger partial charge on any atom is -0.393 e. The molecule has 1 saturated heterocycles. The molecule has 1 saturated carbocycles. The van der Waals surface area contributed by atoms with E-state index in [1.54, 1.807) is 0 Å². The maximum Gasteiger partial charge on any atom is 0.240 e. The molecule has 0 aromatic rings. The zero-order chi connectivity index (χ0) is 12.3. The molecular weight excluding hydrogens is 216 g/mol. The van der Waals surface area contributed by atoms with Gasteiger partial charge in [-0.2, -0.15) is 0 Å². The molecule has 1 heterocycles. The van der Waals surface area contributed by atoms with Crippen molar-refractivity contribution in [1.29, 1.82) is 0 Å². The first kappa shape index (κ1) is 12.8. The molecule has 1 atom stereocenters. The fourth-order valence-corrected chi connectivity index (χ4v) is 2.94. The molecule has 0 spiro atoms. The van der Waals surface area contributed by atoms with Crippen molar-refractivity contribution in [1.82, 2.24) is 10.2 Å². The summed E-state index contributed by atoms with van der Waals surface area (Å²) in [7, 11) is 0. The van der Waals surface area contributed by atoms with Crippen LogP contribution in [0.4, 0.5) is 0 Å². The van der Waals surface area contributed by atoms with Crippen LogP contribution in [0.3, 0.4) is 0 Å². The Bertz CT molecular complexity index is 262. The van der Waals surface area contributed by atoms with Crippen molar-refractivity contribution in [2.24, 2.45) is 0 Å². The summed E-state index contributed by atoms with van der Waals surface area (Å²) in [6, 6.07) is 0.418. The number of likely N-dealkylation sites (tertiary alicyclic amines) is 1. The van der Waals surface area contributed by atoms with Gasteiger partial charge in [0.05, 0.1) is 12.1 Å². The third-order valence-electron chi connectivity index (χ3n) is 3.99. The van der Waals surface area contributed by atoms with Gasteiger partial charge in [0, 0.05) is 12.6 Å². The summed E-state index contributed by atoms with van der Waals surface area (Å²) in [4.78, 5) is 14.2. The number of aliphatic hydroxyl groups is 1. The molecule has 2 rings (SSSR count). The van der Waals surface area contributed by atoms with Crippen LogP contribution >= 0.6 is 0 Å². The predicted octanol–water partition coefficient (Wildman–Crippen LogP) is 0.890. The number of nitrogens with one attached hydrogen (secondary N) is 1. The molecule has 2 aliphatic rings. The van der Waals surface area contributed by atoms with E-state index in [1.807, 2.05) is 4.90 Å². The molecule has 2 N–H and O–H groups in total. The van der Waals surface area contributed by atoms with Crippen molar-refractivity contribution in [3.63, 3.8) is 0 Å². The highest BCUT2D eigenvalue weighted by atomic mass is 16.3. The van der Waals surface area contributed by atoms with Gasteiger partial charge in [-0.1, -0.05) is 6.92 Å². The van der Waals surface area contributed by atoms with Crippen LogP contribution in [-0.4, -0.2) is 47.2 Å². The molecule has 0 aromatic carbocycles. The van der Waals surface area contributed by atoms with Gasteiger partial charge in [-0.25, -0.2) is 0 Å². The van der Waals surface area contributed by atoms with Crippen molar-refractivity contribution in [2.75, 3.05) is 13.1 Å². The molecule has 0 aromatic heterocycles. The zero-order valence-electron chi connectivity index (χ0n) is 10.7. The van der Waals surface area contributed by atoms with Crippen LogP contribution in [0.15, 0.2) is 0 Å². The lowest BCUT2D eigenvalue weighted by Gasteiger charge is -2.33. The van der Waals surface area contributed by atoms with E-state index in [2.05, 4.69) is 12.2 Å². The Labute approximate surface area is 103 Å². The van der Waals surface area contributed by atoms with Crippen molar-refractivity contribution in [3.05, 3.63) is 0 Å². The number of carbonyl (C=O) groups is 1. The van der Waals surface area contributed by atoms with Crippen molar-refractivity contribution < 1.29 is 9.90 Å². The predicted molar refractivity (Wildman–Crippen MR) is 66.7 cm³/mol. The number of aliphatic hydroxyl groups excluding tert-OH is 1. The van der Waals surface area contributed by atoms with Crippen molar-refractivity contribution in [3.8, 4) is 0 Å². The fraction of sp³-hybridized carbons (Fsp3) is 0.923. The number of hydrogen-bond donors (Lipinski definition) is 2. The number of rotatable bonds is 4. The summed E-state index contributed by atoms with van der Waals surface area (Å²) in [6.07, 6.45) is 5.50. The molecule has 1 aliphatic carbocycles. The highest BCUT2D eigenvalue weighted by Crippen LogP contribution is 2.26. The van der Waals surface area contributed by atoms with E-state index in [0.29, 0.717) is 6.04 Å². The Hall–Kier alpha value is -0.610. The first-order valence-electron chi connectivity index (χ1n) is 6.94. The molecule has 0 radical (unpaired) electrons. The van der Waals surface area contributed by atoms with E-state index in [-0.39, 0.29) is 18.1 Å². The van der Waals surface area contributed by atoms with Gasteiger partial charge < -0.3 is 15.3 Å². The quantitative estimate of drug-likeness (QED) is 0.767. The minimum absolute atomic E-state index is 0.0433. The van der Waals surface area contributed by atoms with E-state index in [9.17, 15) is 9.90 Å². The van der Waals surface area contributed by atoms with E-state index < -0.39 is 0 Å². The van der Waals surface area contributed by atoms with Crippen LogP contribution in [0.1, 0.15) is 45.4 Å². The van der Waals surface area contributed by atoms with E-state index in [4.69, 9.17) is 0 Å². The molecule has 1 unspecified atom stereocenters. The monoisotopic (exact) mass is 240 g/mol. The Morgan fingerprint density at radius 2 is 2.00 bits per heavy atom. The van der Waals surface area contributed by atoms with Gasteiger partial charge in [-0.15, -0.1) is 0 Å². The van der Waals surface area contributed by atoms with Crippen molar-refractivity contribution >= 4 is 5.91 Å². The Morgan fingerprint density at radius 1 is 1.29 bits per heavy atom. The first-order valence-corrected chi connectivity index (χ1v) is 6.94. The van der Waals surface area contributed by atoms with Gasteiger partial charge in [-0.3, -0.25) is 4.79 Å². The Morgan fingerprint density at radius 3 is 2.65 bits per heavy atom.